The summed E-state index contributed by atoms with van der Waals surface area (Å²) in [6.45, 7) is 5.92. The van der Waals surface area contributed by atoms with E-state index in [4.69, 9.17) is 10.00 Å². The van der Waals surface area contributed by atoms with Crippen LogP contribution in [0.1, 0.15) is 33.6 Å². The fourth-order valence-corrected chi connectivity index (χ4v) is 1.91. The lowest BCUT2D eigenvalue weighted by Gasteiger charge is -2.19. The van der Waals surface area contributed by atoms with Crippen molar-refractivity contribution in [3.05, 3.63) is 0 Å². The second-order valence-electron chi connectivity index (χ2n) is 5.11. The monoisotopic (exact) mass is 286 g/mol. The SMILES string of the molecule is CN(CCC#N)C(=O)CCSCC(=O)OC(C)(C)C. The molecule has 0 radical (unpaired) electrons. The topological polar surface area (TPSA) is 70.4 Å². The van der Waals surface area contributed by atoms with Gasteiger partial charge >= 0.3 is 5.97 Å². The van der Waals surface area contributed by atoms with Crippen molar-refractivity contribution in [3.63, 3.8) is 0 Å². The van der Waals surface area contributed by atoms with Crippen molar-refractivity contribution >= 4 is 23.6 Å². The van der Waals surface area contributed by atoms with Crippen molar-refractivity contribution in [1.29, 1.82) is 5.26 Å². The molecule has 0 aromatic rings. The molecule has 0 aliphatic heterocycles. The summed E-state index contributed by atoms with van der Waals surface area (Å²) in [6, 6.07) is 2.00. The molecule has 0 rings (SSSR count). The highest BCUT2D eigenvalue weighted by molar-refractivity contribution is 7.99. The van der Waals surface area contributed by atoms with Crippen LogP contribution >= 0.6 is 11.8 Å². The Kier molecular flexibility index (Phi) is 8.24. The minimum Gasteiger partial charge on any atom is -0.459 e. The van der Waals surface area contributed by atoms with E-state index in [9.17, 15) is 9.59 Å². The third kappa shape index (κ3) is 10.4. The Hall–Kier alpha value is -1.22. The molecule has 0 aliphatic carbocycles. The summed E-state index contributed by atoms with van der Waals surface area (Å²) < 4.78 is 5.15. The standard InChI is InChI=1S/C13H22N2O3S/c1-13(2,3)18-12(17)10-19-9-6-11(16)15(4)8-5-7-14/h5-6,8-10H2,1-4H3. The average Bonchev–Trinajstić information content (AvgIpc) is 2.29. The van der Waals surface area contributed by atoms with Crippen LogP contribution in [0.3, 0.4) is 0 Å². The molecule has 0 aromatic heterocycles. The lowest BCUT2D eigenvalue weighted by Crippen LogP contribution is -2.28. The third-order valence-electron chi connectivity index (χ3n) is 2.08. The van der Waals surface area contributed by atoms with Gasteiger partial charge in [0.2, 0.25) is 5.91 Å². The van der Waals surface area contributed by atoms with Gasteiger partial charge in [0, 0.05) is 25.8 Å². The fourth-order valence-electron chi connectivity index (χ4n) is 1.22. The number of rotatable bonds is 7. The zero-order valence-electron chi connectivity index (χ0n) is 12.1. The van der Waals surface area contributed by atoms with E-state index in [1.54, 1.807) is 7.05 Å². The van der Waals surface area contributed by atoms with Crippen LogP contribution in [0, 0.1) is 11.3 Å². The maximum absolute atomic E-state index is 11.6. The predicted molar refractivity (Wildman–Crippen MR) is 75.7 cm³/mol. The fraction of sp³-hybridized carbons (Fsp3) is 0.769. The Morgan fingerprint density at radius 1 is 1.37 bits per heavy atom. The van der Waals surface area contributed by atoms with E-state index in [-0.39, 0.29) is 17.6 Å². The number of nitrogens with zero attached hydrogens (tertiary/aromatic N) is 2. The average molecular weight is 286 g/mol. The first kappa shape index (κ1) is 17.8. The van der Waals surface area contributed by atoms with Crippen molar-refractivity contribution < 1.29 is 14.3 Å². The van der Waals surface area contributed by atoms with Crippen molar-refractivity contribution in [2.24, 2.45) is 0 Å². The molecule has 5 nitrogen and oxygen atoms in total. The Morgan fingerprint density at radius 3 is 2.53 bits per heavy atom. The summed E-state index contributed by atoms with van der Waals surface area (Å²) >= 11 is 1.38. The second kappa shape index (κ2) is 8.81. The quantitative estimate of drug-likeness (QED) is 0.527. The van der Waals surface area contributed by atoms with E-state index < -0.39 is 5.60 Å². The van der Waals surface area contributed by atoms with Gasteiger partial charge in [-0.25, -0.2) is 0 Å². The van der Waals surface area contributed by atoms with Crippen LogP contribution in [0.2, 0.25) is 0 Å². The zero-order chi connectivity index (χ0) is 14.9. The molecule has 0 saturated carbocycles. The van der Waals surface area contributed by atoms with Crippen LogP contribution in [-0.2, 0) is 14.3 Å². The van der Waals surface area contributed by atoms with E-state index >= 15 is 0 Å². The highest BCUT2D eigenvalue weighted by Crippen LogP contribution is 2.11. The summed E-state index contributed by atoms with van der Waals surface area (Å²) in [7, 11) is 1.68. The molecule has 19 heavy (non-hydrogen) atoms. The van der Waals surface area contributed by atoms with Crippen molar-refractivity contribution in [2.75, 3.05) is 25.1 Å². The lowest BCUT2D eigenvalue weighted by molar-refractivity contribution is -0.151. The number of carbonyl (C=O) groups is 2. The van der Waals surface area contributed by atoms with E-state index in [1.165, 1.54) is 16.7 Å². The molecule has 0 saturated heterocycles. The minimum absolute atomic E-state index is 0.00746. The Balaban J connectivity index is 3.72. The summed E-state index contributed by atoms with van der Waals surface area (Å²) in [5, 5.41) is 8.42. The largest absolute Gasteiger partial charge is 0.459 e. The van der Waals surface area contributed by atoms with Crippen molar-refractivity contribution in [3.8, 4) is 6.07 Å². The molecule has 0 spiro atoms. The second-order valence-corrected chi connectivity index (χ2v) is 6.22. The summed E-state index contributed by atoms with van der Waals surface area (Å²) in [5.74, 6) is 0.566. The lowest BCUT2D eigenvalue weighted by atomic mass is 10.2. The van der Waals surface area contributed by atoms with Crippen molar-refractivity contribution in [1.82, 2.24) is 4.90 Å². The molecule has 108 valence electrons. The highest BCUT2D eigenvalue weighted by Gasteiger charge is 2.16. The number of nitriles is 1. The van der Waals surface area contributed by atoms with Crippen LogP contribution < -0.4 is 0 Å². The molecule has 1 amide bonds. The first-order valence-electron chi connectivity index (χ1n) is 6.17. The first-order valence-corrected chi connectivity index (χ1v) is 7.32. The number of hydrogen-bond donors (Lipinski definition) is 0. The van der Waals surface area contributed by atoms with Crippen LogP contribution in [0.15, 0.2) is 0 Å². The normalized spacial score (nSPS) is 10.7. The Morgan fingerprint density at radius 2 is 2.00 bits per heavy atom. The molecule has 0 fully saturated rings. The zero-order valence-corrected chi connectivity index (χ0v) is 12.9. The molecule has 0 atom stereocenters. The summed E-state index contributed by atoms with van der Waals surface area (Å²) in [6.07, 6.45) is 0.711. The van der Waals surface area contributed by atoms with E-state index in [0.717, 1.165) is 0 Å². The molecule has 0 heterocycles. The van der Waals surface area contributed by atoms with Crippen molar-refractivity contribution in [2.45, 2.75) is 39.2 Å². The van der Waals surface area contributed by atoms with E-state index in [2.05, 4.69) is 0 Å². The van der Waals surface area contributed by atoms with E-state index in [0.29, 0.717) is 25.1 Å². The third-order valence-corrected chi connectivity index (χ3v) is 3.02. The maximum Gasteiger partial charge on any atom is 0.316 e. The van der Waals surface area contributed by atoms with Gasteiger partial charge in [0.1, 0.15) is 5.60 Å². The first-order chi connectivity index (χ1) is 8.76. The van der Waals surface area contributed by atoms with Gasteiger partial charge in [-0.05, 0) is 20.8 Å². The number of esters is 1. The van der Waals surface area contributed by atoms with Gasteiger partial charge in [-0.3, -0.25) is 9.59 Å². The highest BCUT2D eigenvalue weighted by atomic mass is 32.2. The van der Waals surface area contributed by atoms with Crippen LogP contribution in [0.5, 0.6) is 0 Å². The van der Waals surface area contributed by atoms with Gasteiger partial charge < -0.3 is 9.64 Å². The number of ether oxygens (including phenoxy) is 1. The summed E-state index contributed by atoms with van der Waals surface area (Å²) in [4.78, 5) is 24.6. The van der Waals surface area contributed by atoms with Crippen LogP contribution in [0.25, 0.3) is 0 Å². The van der Waals surface area contributed by atoms with Crippen LogP contribution in [0.4, 0.5) is 0 Å². The van der Waals surface area contributed by atoms with Gasteiger partial charge in [-0.1, -0.05) is 0 Å². The molecule has 0 bridgehead atoms. The molecule has 6 heteroatoms. The molecule has 0 unspecified atom stereocenters. The molecule has 0 aromatic carbocycles. The maximum atomic E-state index is 11.6. The van der Waals surface area contributed by atoms with Crippen LogP contribution in [-0.4, -0.2) is 47.5 Å². The Bertz CT molecular complexity index is 345. The molecular weight excluding hydrogens is 264 g/mol. The summed E-state index contributed by atoms with van der Waals surface area (Å²) in [5.41, 5.74) is -0.467. The molecule has 0 N–H and O–H groups in total. The van der Waals surface area contributed by atoms with Gasteiger partial charge in [-0.15, -0.1) is 11.8 Å². The number of carbonyl (C=O) groups excluding carboxylic acids is 2. The number of amides is 1. The Labute approximate surface area is 119 Å². The van der Waals surface area contributed by atoms with Gasteiger partial charge in [0.25, 0.3) is 0 Å². The minimum atomic E-state index is -0.467. The van der Waals surface area contributed by atoms with Gasteiger partial charge in [-0.2, -0.15) is 5.26 Å². The predicted octanol–water partition coefficient (Wildman–Crippen LogP) is 1.82. The molecule has 0 aliphatic rings. The number of thioether (sulfide) groups is 1. The smallest absolute Gasteiger partial charge is 0.316 e. The van der Waals surface area contributed by atoms with E-state index in [1.807, 2.05) is 26.8 Å². The molecular formula is C13H22N2O3S. The van der Waals surface area contributed by atoms with Gasteiger partial charge in [0.15, 0.2) is 0 Å². The van der Waals surface area contributed by atoms with Gasteiger partial charge in [0.05, 0.1) is 18.2 Å². The number of hydrogen-bond acceptors (Lipinski definition) is 5.